The number of rotatable bonds is 5. The summed E-state index contributed by atoms with van der Waals surface area (Å²) in [5, 5.41) is 4.87. The first-order valence-electron chi connectivity index (χ1n) is 17.9. The first kappa shape index (κ1) is 29.0. The van der Waals surface area contributed by atoms with Crippen molar-refractivity contribution >= 4 is 43.6 Å². The number of hydrogen-bond acceptors (Lipinski definition) is 2. The molecule has 0 atom stereocenters. The van der Waals surface area contributed by atoms with Gasteiger partial charge in [0.05, 0.1) is 22.1 Å². The molecule has 3 heterocycles. The minimum atomic E-state index is 0.487. The molecule has 0 amide bonds. The lowest BCUT2D eigenvalue weighted by atomic mass is 9.81. The van der Waals surface area contributed by atoms with Gasteiger partial charge in [0.25, 0.3) is 0 Å². The largest absolute Gasteiger partial charge is 0.294 e. The molecule has 240 valence electrons. The van der Waals surface area contributed by atoms with Crippen LogP contribution in [-0.2, 0) is 0 Å². The van der Waals surface area contributed by atoms with Crippen molar-refractivity contribution in [2.24, 2.45) is 0 Å². The van der Waals surface area contributed by atoms with Crippen molar-refractivity contribution in [3.05, 3.63) is 157 Å². The Morgan fingerprint density at radius 3 is 1.38 bits per heavy atom. The van der Waals surface area contributed by atoms with Crippen LogP contribution in [0.1, 0.15) is 43.6 Å². The lowest BCUT2D eigenvalue weighted by molar-refractivity contribution is 0.444. The lowest BCUT2D eigenvalue weighted by Crippen LogP contribution is -2.10. The Balaban J connectivity index is 1.31. The second-order valence-electron chi connectivity index (χ2n) is 13.7. The van der Waals surface area contributed by atoms with Crippen molar-refractivity contribution in [1.82, 2.24) is 19.1 Å². The monoisotopic (exact) mass is 644 g/mol. The highest BCUT2D eigenvalue weighted by atomic mass is 15.1. The fraction of sp³-hybridized carbons (Fsp3) is 0.130. The Bertz CT molecular complexity index is 2450. The Morgan fingerprint density at radius 1 is 0.420 bits per heavy atom. The molecule has 4 nitrogen and oxygen atoms in total. The molecular formula is C46H36N4. The van der Waals surface area contributed by atoms with Gasteiger partial charge in [0, 0.05) is 33.2 Å². The van der Waals surface area contributed by atoms with E-state index in [0.29, 0.717) is 5.92 Å². The van der Waals surface area contributed by atoms with Crippen molar-refractivity contribution < 1.29 is 0 Å². The van der Waals surface area contributed by atoms with Gasteiger partial charge in [-0.3, -0.25) is 9.13 Å². The van der Waals surface area contributed by atoms with Crippen LogP contribution in [-0.4, -0.2) is 19.1 Å². The number of aromatic nitrogens is 4. The predicted molar refractivity (Wildman–Crippen MR) is 207 cm³/mol. The molecule has 0 radical (unpaired) electrons. The normalized spacial score (nSPS) is 13.9. The molecule has 0 aliphatic heterocycles. The van der Waals surface area contributed by atoms with Gasteiger partial charge in [0.1, 0.15) is 11.6 Å². The molecule has 0 saturated heterocycles. The van der Waals surface area contributed by atoms with Gasteiger partial charge in [-0.1, -0.05) is 135 Å². The minimum Gasteiger partial charge on any atom is -0.294 e. The smallest absolute Gasteiger partial charge is 0.164 e. The minimum absolute atomic E-state index is 0.487. The highest BCUT2D eigenvalue weighted by Gasteiger charge is 2.24. The molecule has 0 N–H and O–H groups in total. The summed E-state index contributed by atoms with van der Waals surface area (Å²) in [6.45, 7) is 0. The molecule has 3 aromatic heterocycles. The Morgan fingerprint density at radius 2 is 0.880 bits per heavy atom. The summed E-state index contributed by atoms with van der Waals surface area (Å²) >= 11 is 0. The third-order valence-electron chi connectivity index (χ3n) is 10.8. The van der Waals surface area contributed by atoms with E-state index in [1.807, 2.05) is 0 Å². The quantitative estimate of drug-likeness (QED) is 0.187. The SMILES string of the molecule is c1ccc(-c2ccc(C3CCCCC3)c(-c3nc(-n4c5ccccc5c5ccccc54)cc(-n4c5ccccc5c5ccccc54)n3)c2)cc1. The van der Waals surface area contributed by atoms with Crippen molar-refractivity contribution in [2.45, 2.75) is 38.0 Å². The average Bonchev–Trinajstić information content (AvgIpc) is 3.71. The summed E-state index contributed by atoms with van der Waals surface area (Å²) in [6.07, 6.45) is 6.23. The van der Waals surface area contributed by atoms with Crippen LogP contribution in [0.5, 0.6) is 0 Å². The third kappa shape index (κ3) is 4.67. The maximum absolute atomic E-state index is 5.55. The molecule has 9 aromatic rings. The van der Waals surface area contributed by atoms with Crippen molar-refractivity contribution in [3.63, 3.8) is 0 Å². The lowest BCUT2D eigenvalue weighted by Gasteiger charge is -2.25. The van der Waals surface area contributed by atoms with Crippen LogP contribution in [0.2, 0.25) is 0 Å². The van der Waals surface area contributed by atoms with Gasteiger partial charge in [-0.25, -0.2) is 9.97 Å². The zero-order valence-electron chi connectivity index (χ0n) is 27.8. The van der Waals surface area contributed by atoms with E-state index in [9.17, 15) is 0 Å². The van der Waals surface area contributed by atoms with Gasteiger partial charge in [-0.05, 0) is 65.8 Å². The Labute approximate surface area is 291 Å². The number of fused-ring (bicyclic) bond motifs is 6. The molecule has 1 fully saturated rings. The Hall–Kier alpha value is -6.00. The standard InChI is InChI=1S/C46H36N4/c1-3-15-31(16-4-1)33-27-28-34(32-17-5-2-6-18-32)39(29-33)46-47-44(49-40-23-11-7-19-35(40)36-20-8-12-24-41(36)49)30-45(48-46)50-42-25-13-9-21-37(42)38-22-10-14-26-43(38)50/h1,3-4,7-16,19-30,32H,2,5-6,17-18H2. The van der Waals surface area contributed by atoms with E-state index < -0.39 is 0 Å². The van der Waals surface area contributed by atoms with Gasteiger partial charge in [0.2, 0.25) is 0 Å². The molecule has 0 spiro atoms. The molecule has 1 aliphatic carbocycles. The molecule has 6 aromatic carbocycles. The van der Waals surface area contributed by atoms with Crippen molar-refractivity contribution in [3.8, 4) is 34.2 Å². The van der Waals surface area contributed by atoms with Crippen LogP contribution < -0.4 is 0 Å². The summed E-state index contributed by atoms with van der Waals surface area (Å²) < 4.78 is 4.66. The van der Waals surface area contributed by atoms with E-state index in [1.54, 1.807) is 0 Å². The fourth-order valence-electron chi connectivity index (χ4n) is 8.44. The number of para-hydroxylation sites is 4. The van der Waals surface area contributed by atoms with Gasteiger partial charge < -0.3 is 0 Å². The van der Waals surface area contributed by atoms with E-state index >= 15 is 0 Å². The zero-order chi connectivity index (χ0) is 33.0. The molecule has 0 unspecified atom stereocenters. The third-order valence-corrected chi connectivity index (χ3v) is 10.8. The van der Waals surface area contributed by atoms with E-state index in [0.717, 1.165) is 45.1 Å². The molecule has 0 bridgehead atoms. The summed E-state index contributed by atoms with van der Waals surface area (Å²) in [4.78, 5) is 11.1. The maximum atomic E-state index is 5.55. The van der Waals surface area contributed by atoms with Gasteiger partial charge in [0.15, 0.2) is 5.82 Å². The summed E-state index contributed by atoms with van der Waals surface area (Å²) in [6, 6.07) is 54.6. The fourth-order valence-corrected chi connectivity index (χ4v) is 8.44. The van der Waals surface area contributed by atoms with Crippen LogP contribution in [0.25, 0.3) is 77.8 Å². The molecule has 50 heavy (non-hydrogen) atoms. The second-order valence-corrected chi connectivity index (χ2v) is 13.7. The topological polar surface area (TPSA) is 35.6 Å². The molecule has 1 aliphatic rings. The van der Waals surface area contributed by atoms with Crippen molar-refractivity contribution in [2.75, 3.05) is 0 Å². The van der Waals surface area contributed by atoms with E-state index in [1.165, 1.54) is 70.3 Å². The average molecular weight is 645 g/mol. The molecule has 1 saturated carbocycles. The first-order valence-corrected chi connectivity index (χ1v) is 17.9. The van der Waals surface area contributed by atoms with Crippen LogP contribution in [0.15, 0.2) is 152 Å². The molecule has 10 rings (SSSR count). The first-order chi connectivity index (χ1) is 24.8. The number of nitrogens with zero attached hydrogens (tertiary/aromatic N) is 4. The van der Waals surface area contributed by atoms with Crippen LogP contribution in [0, 0.1) is 0 Å². The zero-order valence-corrected chi connectivity index (χ0v) is 27.8. The predicted octanol–water partition coefficient (Wildman–Crippen LogP) is 12.1. The summed E-state index contributed by atoms with van der Waals surface area (Å²) in [5.41, 5.74) is 9.41. The number of benzene rings is 6. The van der Waals surface area contributed by atoms with Gasteiger partial charge in [-0.2, -0.15) is 0 Å². The van der Waals surface area contributed by atoms with Gasteiger partial charge in [-0.15, -0.1) is 0 Å². The van der Waals surface area contributed by atoms with Crippen molar-refractivity contribution in [1.29, 1.82) is 0 Å². The second kappa shape index (κ2) is 11.9. The summed E-state index contributed by atoms with van der Waals surface area (Å²) in [5.74, 6) is 2.98. The van der Waals surface area contributed by atoms with E-state index in [2.05, 4.69) is 161 Å². The Kier molecular flexibility index (Phi) is 6.87. The summed E-state index contributed by atoms with van der Waals surface area (Å²) in [7, 11) is 0. The van der Waals surface area contributed by atoms with E-state index in [-0.39, 0.29) is 0 Å². The highest BCUT2D eigenvalue weighted by Crippen LogP contribution is 2.41. The molecular weight excluding hydrogens is 609 g/mol. The molecule has 4 heteroatoms. The van der Waals surface area contributed by atoms with E-state index in [4.69, 9.17) is 9.97 Å². The number of hydrogen-bond donors (Lipinski definition) is 0. The van der Waals surface area contributed by atoms with Gasteiger partial charge >= 0.3 is 0 Å². The van der Waals surface area contributed by atoms with Crippen LogP contribution in [0.4, 0.5) is 0 Å². The van der Waals surface area contributed by atoms with Crippen LogP contribution in [0.3, 0.4) is 0 Å². The van der Waals surface area contributed by atoms with Crippen LogP contribution >= 0.6 is 0 Å². The highest BCUT2D eigenvalue weighted by molar-refractivity contribution is 6.10. The maximum Gasteiger partial charge on any atom is 0.164 e.